The number of ether oxygens (including phenoxy) is 1. The second kappa shape index (κ2) is 8.67. The van der Waals surface area contributed by atoms with Crippen molar-refractivity contribution in [3.05, 3.63) is 30.3 Å². The molecule has 0 spiro atoms. The molecule has 2 N–H and O–H groups in total. The summed E-state index contributed by atoms with van der Waals surface area (Å²) in [5, 5.41) is 12.5. The van der Waals surface area contributed by atoms with E-state index in [1.54, 1.807) is 0 Å². The van der Waals surface area contributed by atoms with Gasteiger partial charge in [-0.05, 0) is 25.0 Å². The summed E-state index contributed by atoms with van der Waals surface area (Å²) in [4.78, 5) is 12.0. The van der Waals surface area contributed by atoms with Crippen molar-refractivity contribution in [1.29, 1.82) is 0 Å². The zero-order valence-electron chi connectivity index (χ0n) is 12.5. The summed E-state index contributed by atoms with van der Waals surface area (Å²) in [6.07, 6.45) is 5.79. The normalized spacial score (nSPS) is 22.3. The quantitative estimate of drug-likeness (QED) is 0.792. The fraction of sp³-hybridized carbons (Fsp3) is 0.588. The van der Waals surface area contributed by atoms with E-state index < -0.39 is 0 Å². The Morgan fingerprint density at radius 1 is 1.19 bits per heavy atom. The molecule has 1 aliphatic rings. The molecule has 2 rings (SSSR count). The van der Waals surface area contributed by atoms with Crippen LogP contribution in [0.3, 0.4) is 0 Å². The molecular formula is C17H25NO3. The van der Waals surface area contributed by atoms with Gasteiger partial charge in [0.15, 0.2) is 0 Å². The Labute approximate surface area is 126 Å². The van der Waals surface area contributed by atoms with Gasteiger partial charge in [0, 0.05) is 18.6 Å². The summed E-state index contributed by atoms with van der Waals surface area (Å²) in [5.41, 5.74) is 0. The first-order chi connectivity index (χ1) is 10.3. The predicted molar refractivity (Wildman–Crippen MR) is 82.1 cm³/mol. The number of rotatable bonds is 6. The maximum atomic E-state index is 12.0. The topological polar surface area (TPSA) is 58.6 Å². The molecule has 21 heavy (non-hydrogen) atoms. The van der Waals surface area contributed by atoms with Crippen molar-refractivity contribution in [2.45, 2.75) is 44.6 Å². The molecule has 4 nitrogen and oxygen atoms in total. The van der Waals surface area contributed by atoms with E-state index in [-0.39, 0.29) is 24.5 Å². The van der Waals surface area contributed by atoms with Crippen molar-refractivity contribution in [3.8, 4) is 5.75 Å². The molecule has 0 aromatic heterocycles. The van der Waals surface area contributed by atoms with Crippen LogP contribution >= 0.6 is 0 Å². The van der Waals surface area contributed by atoms with Crippen LogP contribution in [0.5, 0.6) is 5.75 Å². The summed E-state index contributed by atoms with van der Waals surface area (Å²) < 4.78 is 5.53. The Bertz CT molecular complexity index is 421. The molecule has 1 aliphatic carbocycles. The highest BCUT2D eigenvalue weighted by atomic mass is 16.5. The highest BCUT2D eigenvalue weighted by Gasteiger charge is 2.24. The summed E-state index contributed by atoms with van der Waals surface area (Å²) in [6, 6.07) is 9.62. The Hall–Kier alpha value is -1.55. The van der Waals surface area contributed by atoms with Crippen molar-refractivity contribution in [1.82, 2.24) is 5.32 Å². The van der Waals surface area contributed by atoms with E-state index >= 15 is 0 Å². The van der Waals surface area contributed by atoms with Crippen LogP contribution in [0.1, 0.15) is 38.5 Å². The van der Waals surface area contributed by atoms with Crippen molar-refractivity contribution < 1.29 is 14.6 Å². The molecule has 1 aromatic rings. The van der Waals surface area contributed by atoms with E-state index in [1.807, 2.05) is 30.3 Å². The lowest BCUT2D eigenvalue weighted by Gasteiger charge is -2.24. The number of carbonyl (C=O) groups excluding carboxylic acids is 1. The minimum absolute atomic E-state index is 0.0104. The maximum Gasteiger partial charge on any atom is 0.223 e. The van der Waals surface area contributed by atoms with Crippen molar-refractivity contribution in [3.63, 3.8) is 0 Å². The first-order valence-electron chi connectivity index (χ1n) is 7.87. The SMILES string of the molecule is O=C(CCOc1ccccc1)NC1CCCCCC1CO. The van der Waals surface area contributed by atoms with E-state index in [2.05, 4.69) is 5.32 Å². The Kier molecular flexibility index (Phi) is 6.54. The molecule has 1 aromatic carbocycles. The predicted octanol–water partition coefficient (Wildman–Crippen LogP) is 2.51. The Morgan fingerprint density at radius 3 is 2.71 bits per heavy atom. The molecule has 4 heteroatoms. The average Bonchev–Trinajstić information content (AvgIpc) is 2.73. The van der Waals surface area contributed by atoms with Crippen LogP contribution in [0.15, 0.2) is 30.3 Å². The Balaban J connectivity index is 1.72. The molecule has 116 valence electrons. The first kappa shape index (κ1) is 15.8. The summed E-state index contributed by atoms with van der Waals surface area (Å²) in [5.74, 6) is 0.996. The number of aliphatic hydroxyl groups is 1. The number of benzene rings is 1. The minimum atomic E-state index is 0.0104. The van der Waals surface area contributed by atoms with Gasteiger partial charge in [0.05, 0.1) is 13.0 Å². The average molecular weight is 291 g/mol. The monoisotopic (exact) mass is 291 g/mol. The number of para-hydroxylation sites is 1. The van der Waals surface area contributed by atoms with Crippen molar-refractivity contribution in [2.75, 3.05) is 13.2 Å². The molecule has 1 amide bonds. The molecule has 2 unspecified atom stereocenters. The fourth-order valence-corrected chi connectivity index (χ4v) is 2.85. The van der Waals surface area contributed by atoms with Crippen LogP contribution in [0.4, 0.5) is 0 Å². The van der Waals surface area contributed by atoms with Gasteiger partial charge in [0.25, 0.3) is 0 Å². The van der Waals surface area contributed by atoms with Gasteiger partial charge in [-0.1, -0.05) is 37.5 Å². The number of amides is 1. The number of hydrogen-bond donors (Lipinski definition) is 2. The molecule has 0 radical (unpaired) electrons. The van der Waals surface area contributed by atoms with E-state index in [0.29, 0.717) is 13.0 Å². The first-order valence-corrected chi connectivity index (χ1v) is 7.87. The summed E-state index contributed by atoms with van der Waals surface area (Å²) >= 11 is 0. The minimum Gasteiger partial charge on any atom is -0.493 e. The van der Waals surface area contributed by atoms with Gasteiger partial charge < -0.3 is 15.2 Å². The highest BCUT2D eigenvalue weighted by Crippen LogP contribution is 2.23. The van der Waals surface area contributed by atoms with Crippen LogP contribution in [-0.4, -0.2) is 30.3 Å². The standard InChI is InChI=1S/C17H25NO3/c19-13-14-7-3-1-6-10-16(14)18-17(20)11-12-21-15-8-4-2-5-9-15/h2,4-5,8-9,14,16,19H,1,3,6-7,10-13H2,(H,18,20). The molecular weight excluding hydrogens is 266 g/mol. The zero-order chi connectivity index (χ0) is 14.9. The van der Waals surface area contributed by atoms with E-state index in [9.17, 15) is 9.90 Å². The van der Waals surface area contributed by atoms with Gasteiger partial charge in [-0.3, -0.25) is 4.79 Å². The van der Waals surface area contributed by atoms with E-state index in [1.165, 1.54) is 6.42 Å². The third-order valence-corrected chi connectivity index (χ3v) is 4.08. The molecule has 0 aliphatic heterocycles. The number of aliphatic hydroxyl groups excluding tert-OH is 1. The summed E-state index contributed by atoms with van der Waals surface area (Å²) in [7, 11) is 0. The van der Waals surface area contributed by atoms with Crippen LogP contribution in [0.25, 0.3) is 0 Å². The lowest BCUT2D eigenvalue weighted by molar-refractivity contribution is -0.122. The molecule has 1 fully saturated rings. The van der Waals surface area contributed by atoms with Gasteiger partial charge in [0.1, 0.15) is 5.75 Å². The van der Waals surface area contributed by atoms with Gasteiger partial charge in [0.2, 0.25) is 5.91 Å². The van der Waals surface area contributed by atoms with Crippen LogP contribution in [0, 0.1) is 5.92 Å². The third kappa shape index (κ3) is 5.38. The maximum absolute atomic E-state index is 12.0. The number of nitrogens with one attached hydrogen (secondary N) is 1. The van der Waals surface area contributed by atoms with E-state index in [4.69, 9.17) is 4.74 Å². The lowest BCUT2D eigenvalue weighted by atomic mass is 9.95. The van der Waals surface area contributed by atoms with Gasteiger partial charge in [-0.25, -0.2) is 0 Å². The van der Waals surface area contributed by atoms with E-state index in [0.717, 1.165) is 31.4 Å². The molecule has 2 atom stereocenters. The van der Waals surface area contributed by atoms with Gasteiger partial charge in [-0.15, -0.1) is 0 Å². The van der Waals surface area contributed by atoms with Gasteiger partial charge >= 0.3 is 0 Å². The second-order valence-corrected chi connectivity index (χ2v) is 5.67. The van der Waals surface area contributed by atoms with Crippen molar-refractivity contribution in [2.24, 2.45) is 5.92 Å². The van der Waals surface area contributed by atoms with Crippen LogP contribution < -0.4 is 10.1 Å². The second-order valence-electron chi connectivity index (χ2n) is 5.67. The number of hydrogen-bond acceptors (Lipinski definition) is 3. The molecule has 0 saturated heterocycles. The van der Waals surface area contributed by atoms with Crippen LogP contribution in [-0.2, 0) is 4.79 Å². The van der Waals surface area contributed by atoms with Gasteiger partial charge in [-0.2, -0.15) is 0 Å². The number of carbonyl (C=O) groups is 1. The highest BCUT2D eigenvalue weighted by molar-refractivity contribution is 5.76. The van der Waals surface area contributed by atoms with Crippen molar-refractivity contribution >= 4 is 5.91 Å². The zero-order valence-corrected chi connectivity index (χ0v) is 12.5. The largest absolute Gasteiger partial charge is 0.493 e. The third-order valence-electron chi connectivity index (χ3n) is 4.08. The summed E-state index contributed by atoms with van der Waals surface area (Å²) in [6.45, 7) is 0.540. The molecule has 0 bridgehead atoms. The molecule has 0 heterocycles. The molecule has 1 saturated carbocycles. The fourth-order valence-electron chi connectivity index (χ4n) is 2.85. The van der Waals surface area contributed by atoms with Crippen LogP contribution in [0.2, 0.25) is 0 Å². The smallest absolute Gasteiger partial charge is 0.223 e. The Morgan fingerprint density at radius 2 is 1.95 bits per heavy atom. The lowest BCUT2D eigenvalue weighted by Crippen LogP contribution is -2.41.